The van der Waals surface area contributed by atoms with Gasteiger partial charge in [-0.3, -0.25) is 9.59 Å². The molecular weight excluding hydrogens is 369 g/mol. The third-order valence-corrected chi connectivity index (χ3v) is 5.55. The number of hydrogen-bond acceptors (Lipinski definition) is 2. The first-order valence-corrected chi connectivity index (χ1v) is 9.29. The van der Waals surface area contributed by atoms with E-state index >= 15 is 0 Å². The maximum atomic E-state index is 13.9. The van der Waals surface area contributed by atoms with Crippen LogP contribution in [0.15, 0.2) is 36.4 Å². The van der Waals surface area contributed by atoms with Crippen molar-refractivity contribution in [3.05, 3.63) is 65.0 Å². The third-order valence-electron chi connectivity index (χ3n) is 5.55. The van der Waals surface area contributed by atoms with E-state index in [1.54, 1.807) is 4.90 Å². The van der Waals surface area contributed by atoms with Crippen LogP contribution < -0.4 is 4.90 Å². The van der Waals surface area contributed by atoms with Gasteiger partial charge in [0.05, 0.1) is 5.56 Å². The lowest BCUT2D eigenvalue weighted by Gasteiger charge is -2.33. The summed E-state index contributed by atoms with van der Waals surface area (Å²) < 4.78 is 40.4. The first-order chi connectivity index (χ1) is 13.5. The molecule has 4 rings (SSSR count). The second-order valence-corrected chi connectivity index (χ2v) is 7.16. The van der Waals surface area contributed by atoms with E-state index in [0.717, 1.165) is 29.8 Å². The van der Waals surface area contributed by atoms with Gasteiger partial charge in [0.1, 0.15) is 0 Å². The van der Waals surface area contributed by atoms with Gasteiger partial charge in [-0.25, -0.2) is 13.2 Å². The average molecular weight is 388 g/mol. The quantitative estimate of drug-likeness (QED) is 0.739. The summed E-state index contributed by atoms with van der Waals surface area (Å²) >= 11 is 0. The number of likely N-dealkylation sites (tertiary alicyclic amines) is 1. The van der Waals surface area contributed by atoms with Crippen LogP contribution in [0.1, 0.15) is 28.8 Å². The Balaban J connectivity index is 1.42. The molecule has 0 unspecified atom stereocenters. The standard InChI is InChI=1S/C21H19F3N2O2/c22-16-6-5-15(18(23)19(16)24)21(28)25-10-7-14(8-11-25)20(27)26-12-9-13-3-1-2-4-17(13)26/h1-6,14H,7-12H2. The number of piperidine rings is 1. The van der Waals surface area contributed by atoms with Crippen molar-refractivity contribution in [2.24, 2.45) is 5.92 Å². The second-order valence-electron chi connectivity index (χ2n) is 7.16. The molecule has 28 heavy (non-hydrogen) atoms. The van der Waals surface area contributed by atoms with Gasteiger partial charge in [-0.1, -0.05) is 18.2 Å². The zero-order valence-electron chi connectivity index (χ0n) is 15.1. The van der Waals surface area contributed by atoms with Crippen molar-refractivity contribution in [1.29, 1.82) is 0 Å². The van der Waals surface area contributed by atoms with Gasteiger partial charge >= 0.3 is 0 Å². The molecule has 0 spiro atoms. The molecule has 0 aromatic heterocycles. The largest absolute Gasteiger partial charge is 0.339 e. The molecule has 2 aliphatic heterocycles. The van der Waals surface area contributed by atoms with E-state index in [4.69, 9.17) is 0 Å². The SMILES string of the molecule is O=C(c1ccc(F)c(F)c1F)N1CCC(C(=O)N2CCc3ccccc32)CC1. The molecule has 0 saturated carbocycles. The lowest BCUT2D eigenvalue weighted by Crippen LogP contribution is -2.44. The number of rotatable bonds is 2. The Morgan fingerprint density at radius 2 is 1.61 bits per heavy atom. The van der Waals surface area contributed by atoms with Crippen LogP contribution in [0.4, 0.5) is 18.9 Å². The molecular formula is C21H19F3N2O2. The fourth-order valence-electron chi connectivity index (χ4n) is 3.98. The molecule has 1 saturated heterocycles. The number of amides is 2. The van der Waals surface area contributed by atoms with Gasteiger partial charge in [0.2, 0.25) is 5.91 Å². The molecule has 2 aliphatic rings. The zero-order valence-corrected chi connectivity index (χ0v) is 15.1. The zero-order chi connectivity index (χ0) is 19.8. The average Bonchev–Trinajstić information content (AvgIpc) is 3.15. The Hall–Kier alpha value is -2.83. The van der Waals surface area contributed by atoms with Gasteiger partial charge in [0, 0.05) is 31.2 Å². The molecule has 0 radical (unpaired) electrons. The van der Waals surface area contributed by atoms with Crippen molar-refractivity contribution in [1.82, 2.24) is 4.90 Å². The van der Waals surface area contributed by atoms with E-state index in [1.165, 1.54) is 4.90 Å². The van der Waals surface area contributed by atoms with E-state index < -0.39 is 28.9 Å². The number of carbonyl (C=O) groups is 2. The summed E-state index contributed by atoms with van der Waals surface area (Å²) in [6.45, 7) is 1.18. The Morgan fingerprint density at radius 1 is 0.893 bits per heavy atom. The molecule has 2 heterocycles. The minimum absolute atomic E-state index is 0.0380. The predicted molar refractivity (Wildman–Crippen MR) is 97.4 cm³/mol. The summed E-state index contributed by atoms with van der Waals surface area (Å²) in [5.41, 5.74) is 1.60. The monoisotopic (exact) mass is 388 g/mol. The molecule has 2 aromatic carbocycles. The maximum Gasteiger partial charge on any atom is 0.256 e. The van der Waals surface area contributed by atoms with Crippen LogP contribution in [0.5, 0.6) is 0 Å². The Bertz CT molecular complexity index is 939. The highest BCUT2D eigenvalue weighted by Crippen LogP contribution is 2.31. The third kappa shape index (κ3) is 3.15. The first-order valence-electron chi connectivity index (χ1n) is 9.29. The highest BCUT2D eigenvalue weighted by Gasteiger charge is 2.34. The van der Waals surface area contributed by atoms with Crippen molar-refractivity contribution < 1.29 is 22.8 Å². The van der Waals surface area contributed by atoms with Crippen LogP contribution in [0.3, 0.4) is 0 Å². The summed E-state index contributed by atoms with van der Waals surface area (Å²) in [6.07, 6.45) is 1.73. The van der Waals surface area contributed by atoms with Crippen LogP contribution in [-0.2, 0) is 11.2 Å². The minimum Gasteiger partial charge on any atom is -0.339 e. The summed E-state index contributed by atoms with van der Waals surface area (Å²) in [4.78, 5) is 28.6. The van der Waals surface area contributed by atoms with Gasteiger partial charge in [0.15, 0.2) is 17.5 Å². The first kappa shape index (κ1) is 18.5. The normalized spacial score (nSPS) is 17.0. The topological polar surface area (TPSA) is 40.6 Å². The molecule has 0 bridgehead atoms. The molecule has 4 nitrogen and oxygen atoms in total. The number of para-hydroxylation sites is 1. The lowest BCUT2D eigenvalue weighted by molar-refractivity contribution is -0.123. The van der Waals surface area contributed by atoms with Crippen LogP contribution >= 0.6 is 0 Å². The predicted octanol–water partition coefficient (Wildman–Crippen LogP) is 3.55. The molecule has 0 N–H and O–H groups in total. The van der Waals surface area contributed by atoms with Gasteiger partial charge in [-0.15, -0.1) is 0 Å². The number of halogens is 3. The number of benzene rings is 2. The van der Waals surface area contributed by atoms with Crippen molar-refractivity contribution in [2.75, 3.05) is 24.5 Å². The molecule has 7 heteroatoms. The van der Waals surface area contributed by atoms with E-state index in [2.05, 4.69) is 0 Å². The summed E-state index contributed by atoms with van der Waals surface area (Å²) in [6, 6.07) is 9.50. The smallest absolute Gasteiger partial charge is 0.256 e. The minimum atomic E-state index is -1.65. The maximum absolute atomic E-state index is 13.9. The summed E-state index contributed by atoms with van der Waals surface area (Å²) in [7, 11) is 0. The van der Waals surface area contributed by atoms with Crippen molar-refractivity contribution in [3.63, 3.8) is 0 Å². The van der Waals surface area contributed by atoms with Gasteiger partial charge in [-0.05, 0) is 43.0 Å². The Labute approximate surface area is 160 Å². The molecule has 2 aromatic rings. The molecule has 1 fully saturated rings. The van der Waals surface area contributed by atoms with Gasteiger partial charge in [0.25, 0.3) is 5.91 Å². The molecule has 0 aliphatic carbocycles. The molecule has 146 valence electrons. The van der Waals surface area contributed by atoms with Crippen molar-refractivity contribution in [2.45, 2.75) is 19.3 Å². The molecule has 0 atom stereocenters. The van der Waals surface area contributed by atoms with Crippen LogP contribution in [0.2, 0.25) is 0 Å². The van der Waals surface area contributed by atoms with Crippen molar-refractivity contribution in [3.8, 4) is 0 Å². The summed E-state index contributed by atoms with van der Waals surface area (Å²) in [5, 5.41) is 0. The van der Waals surface area contributed by atoms with Gasteiger partial charge < -0.3 is 9.80 Å². The number of anilines is 1. The molecule has 2 amide bonds. The van der Waals surface area contributed by atoms with Crippen LogP contribution in [0, 0.1) is 23.4 Å². The van der Waals surface area contributed by atoms with Crippen molar-refractivity contribution >= 4 is 17.5 Å². The highest BCUT2D eigenvalue weighted by atomic mass is 19.2. The Kier molecular flexibility index (Phi) is 4.83. The van der Waals surface area contributed by atoms with E-state index in [9.17, 15) is 22.8 Å². The van der Waals surface area contributed by atoms with Gasteiger partial charge in [-0.2, -0.15) is 0 Å². The second kappa shape index (κ2) is 7.30. The van der Waals surface area contributed by atoms with E-state index in [-0.39, 0.29) is 24.9 Å². The fraction of sp³-hybridized carbons (Fsp3) is 0.333. The summed E-state index contributed by atoms with van der Waals surface area (Å²) in [5.74, 6) is -5.32. The Morgan fingerprint density at radius 3 is 2.36 bits per heavy atom. The van der Waals surface area contributed by atoms with E-state index in [0.29, 0.717) is 19.4 Å². The number of nitrogens with zero attached hydrogens (tertiary/aromatic N) is 2. The van der Waals surface area contributed by atoms with E-state index in [1.807, 2.05) is 24.3 Å². The number of carbonyl (C=O) groups excluding carboxylic acids is 2. The highest BCUT2D eigenvalue weighted by molar-refractivity contribution is 5.98. The number of hydrogen-bond donors (Lipinski definition) is 0. The fourth-order valence-corrected chi connectivity index (χ4v) is 3.98. The van der Waals surface area contributed by atoms with Crippen LogP contribution in [0.25, 0.3) is 0 Å². The number of fused-ring (bicyclic) bond motifs is 1. The lowest BCUT2D eigenvalue weighted by atomic mass is 9.94. The van der Waals surface area contributed by atoms with Crippen LogP contribution in [-0.4, -0.2) is 36.3 Å².